The van der Waals surface area contributed by atoms with Crippen molar-refractivity contribution >= 4 is 0 Å². The minimum absolute atomic E-state index is 0.0325. The van der Waals surface area contributed by atoms with Crippen LogP contribution in [0.4, 0.5) is 4.39 Å². The van der Waals surface area contributed by atoms with Crippen LogP contribution in [0.1, 0.15) is 12.5 Å². The standard InChI is InChI=1S/C11H15FO2/c1-8-5-4-6-10(11(8)12)14-7-9(2)13-3/h4-6,9H,7H2,1-3H3. The molecule has 1 aromatic rings. The zero-order valence-corrected chi connectivity index (χ0v) is 8.71. The van der Waals surface area contributed by atoms with E-state index >= 15 is 0 Å². The Morgan fingerprint density at radius 2 is 2.14 bits per heavy atom. The molecular formula is C11H15FO2. The minimum Gasteiger partial charge on any atom is -0.488 e. The highest BCUT2D eigenvalue weighted by Gasteiger charge is 2.07. The largest absolute Gasteiger partial charge is 0.488 e. The number of aryl methyl sites for hydroxylation is 1. The van der Waals surface area contributed by atoms with Gasteiger partial charge >= 0.3 is 0 Å². The molecule has 1 unspecified atom stereocenters. The smallest absolute Gasteiger partial charge is 0.167 e. The van der Waals surface area contributed by atoms with E-state index in [-0.39, 0.29) is 17.7 Å². The molecule has 0 amide bonds. The summed E-state index contributed by atoms with van der Waals surface area (Å²) in [5.41, 5.74) is 0.590. The van der Waals surface area contributed by atoms with Gasteiger partial charge in [-0.15, -0.1) is 0 Å². The van der Waals surface area contributed by atoms with Crippen molar-refractivity contribution in [3.8, 4) is 5.75 Å². The average Bonchev–Trinajstić information content (AvgIpc) is 2.20. The Hall–Kier alpha value is -1.09. The van der Waals surface area contributed by atoms with Crippen LogP contribution in [0, 0.1) is 12.7 Å². The molecule has 78 valence electrons. The monoisotopic (exact) mass is 198 g/mol. The van der Waals surface area contributed by atoms with Crippen LogP contribution in [0.25, 0.3) is 0 Å². The van der Waals surface area contributed by atoms with Gasteiger partial charge < -0.3 is 9.47 Å². The van der Waals surface area contributed by atoms with Gasteiger partial charge in [0.1, 0.15) is 6.61 Å². The predicted molar refractivity (Wildman–Crippen MR) is 53.1 cm³/mol. The second kappa shape index (κ2) is 4.96. The van der Waals surface area contributed by atoms with Gasteiger partial charge in [0.2, 0.25) is 0 Å². The number of ether oxygens (including phenoxy) is 2. The summed E-state index contributed by atoms with van der Waals surface area (Å²) >= 11 is 0. The van der Waals surface area contributed by atoms with Crippen molar-refractivity contribution in [1.82, 2.24) is 0 Å². The predicted octanol–water partition coefficient (Wildman–Crippen LogP) is 2.55. The van der Waals surface area contributed by atoms with Gasteiger partial charge in [0.25, 0.3) is 0 Å². The Bertz CT molecular complexity index is 299. The molecule has 0 bridgehead atoms. The third kappa shape index (κ3) is 2.70. The molecule has 3 heteroatoms. The lowest BCUT2D eigenvalue weighted by Gasteiger charge is -2.12. The lowest BCUT2D eigenvalue weighted by atomic mass is 10.2. The zero-order valence-electron chi connectivity index (χ0n) is 8.71. The Morgan fingerprint density at radius 1 is 1.43 bits per heavy atom. The van der Waals surface area contributed by atoms with Gasteiger partial charge in [0, 0.05) is 7.11 Å². The molecular weight excluding hydrogens is 183 g/mol. The minimum atomic E-state index is -0.296. The summed E-state index contributed by atoms with van der Waals surface area (Å²) in [5.74, 6) is -0.00953. The molecule has 1 aromatic carbocycles. The van der Waals surface area contributed by atoms with Crippen LogP contribution in [-0.4, -0.2) is 19.8 Å². The fourth-order valence-corrected chi connectivity index (χ4v) is 1.01. The summed E-state index contributed by atoms with van der Waals surface area (Å²) in [7, 11) is 1.60. The quantitative estimate of drug-likeness (QED) is 0.740. The average molecular weight is 198 g/mol. The molecule has 1 rings (SSSR count). The maximum absolute atomic E-state index is 13.4. The zero-order chi connectivity index (χ0) is 10.6. The SMILES string of the molecule is COC(C)COc1cccc(C)c1F. The van der Waals surface area contributed by atoms with Gasteiger partial charge in [0.05, 0.1) is 6.10 Å². The summed E-state index contributed by atoms with van der Waals surface area (Å²) in [6, 6.07) is 5.10. The van der Waals surface area contributed by atoms with Crippen molar-refractivity contribution in [2.45, 2.75) is 20.0 Å². The van der Waals surface area contributed by atoms with Crippen LogP contribution in [0.2, 0.25) is 0 Å². The summed E-state index contributed by atoms with van der Waals surface area (Å²) in [5, 5.41) is 0. The van der Waals surface area contributed by atoms with Gasteiger partial charge in [-0.05, 0) is 25.5 Å². The number of rotatable bonds is 4. The molecule has 14 heavy (non-hydrogen) atoms. The molecule has 0 fully saturated rings. The molecule has 1 atom stereocenters. The molecule has 0 aliphatic heterocycles. The third-order valence-corrected chi connectivity index (χ3v) is 2.03. The fourth-order valence-electron chi connectivity index (χ4n) is 1.01. The summed E-state index contributed by atoms with van der Waals surface area (Å²) in [6.07, 6.45) is -0.0325. The maximum Gasteiger partial charge on any atom is 0.167 e. The van der Waals surface area contributed by atoms with Gasteiger partial charge in [-0.25, -0.2) is 4.39 Å². The van der Waals surface area contributed by atoms with Crippen molar-refractivity contribution in [2.24, 2.45) is 0 Å². The van der Waals surface area contributed by atoms with Gasteiger partial charge in [-0.2, -0.15) is 0 Å². The summed E-state index contributed by atoms with van der Waals surface area (Å²) in [6.45, 7) is 3.94. The van der Waals surface area contributed by atoms with E-state index in [1.165, 1.54) is 0 Å². The molecule has 0 saturated carbocycles. The van der Waals surface area contributed by atoms with Crippen molar-refractivity contribution < 1.29 is 13.9 Å². The van der Waals surface area contributed by atoms with Crippen LogP contribution in [-0.2, 0) is 4.74 Å². The van der Waals surface area contributed by atoms with Crippen LogP contribution in [0.15, 0.2) is 18.2 Å². The molecule has 0 radical (unpaired) electrons. The highest BCUT2D eigenvalue weighted by atomic mass is 19.1. The second-order valence-electron chi connectivity index (χ2n) is 3.24. The first kappa shape index (κ1) is 11.0. The van der Waals surface area contributed by atoms with E-state index in [9.17, 15) is 4.39 Å². The van der Waals surface area contributed by atoms with Crippen LogP contribution >= 0.6 is 0 Å². The topological polar surface area (TPSA) is 18.5 Å². The molecule has 0 aliphatic carbocycles. The van der Waals surface area contributed by atoms with E-state index in [4.69, 9.17) is 9.47 Å². The third-order valence-electron chi connectivity index (χ3n) is 2.03. The lowest BCUT2D eigenvalue weighted by molar-refractivity contribution is 0.0701. The number of methoxy groups -OCH3 is 1. The number of hydrogen-bond donors (Lipinski definition) is 0. The number of halogens is 1. The molecule has 0 spiro atoms. The van der Waals surface area contributed by atoms with Crippen LogP contribution < -0.4 is 4.74 Å². The van der Waals surface area contributed by atoms with E-state index < -0.39 is 0 Å². The maximum atomic E-state index is 13.4. The Kier molecular flexibility index (Phi) is 3.89. The first-order valence-corrected chi connectivity index (χ1v) is 4.56. The van der Waals surface area contributed by atoms with E-state index in [1.807, 2.05) is 6.92 Å². The van der Waals surface area contributed by atoms with Crippen molar-refractivity contribution in [3.05, 3.63) is 29.6 Å². The number of benzene rings is 1. The second-order valence-corrected chi connectivity index (χ2v) is 3.24. The molecule has 0 aliphatic rings. The normalized spacial score (nSPS) is 12.6. The Balaban J connectivity index is 2.63. The van der Waals surface area contributed by atoms with Crippen LogP contribution in [0.5, 0.6) is 5.75 Å². The van der Waals surface area contributed by atoms with Gasteiger partial charge in [-0.3, -0.25) is 0 Å². The van der Waals surface area contributed by atoms with E-state index in [2.05, 4.69) is 0 Å². The van der Waals surface area contributed by atoms with Crippen molar-refractivity contribution in [1.29, 1.82) is 0 Å². The molecule has 2 nitrogen and oxygen atoms in total. The Labute approximate surface area is 83.6 Å². The molecule has 0 heterocycles. The lowest BCUT2D eigenvalue weighted by Crippen LogP contribution is -2.16. The number of hydrogen-bond acceptors (Lipinski definition) is 2. The highest BCUT2D eigenvalue weighted by molar-refractivity contribution is 5.30. The van der Waals surface area contributed by atoms with Gasteiger partial charge in [0.15, 0.2) is 11.6 Å². The molecule has 0 saturated heterocycles. The molecule has 0 aromatic heterocycles. The fraction of sp³-hybridized carbons (Fsp3) is 0.455. The van der Waals surface area contributed by atoms with Crippen molar-refractivity contribution in [2.75, 3.05) is 13.7 Å². The van der Waals surface area contributed by atoms with Gasteiger partial charge in [-0.1, -0.05) is 12.1 Å². The summed E-state index contributed by atoms with van der Waals surface area (Å²) in [4.78, 5) is 0. The van der Waals surface area contributed by atoms with Crippen molar-refractivity contribution in [3.63, 3.8) is 0 Å². The van der Waals surface area contributed by atoms with E-state index in [1.54, 1.807) is 32.2 Å². The first-order chi connectivity index (χ1) is 6.65. The first-order valence-electron chi connectivity index (χ1n) is 4.56. The Morgan fingerprint density at radius 3 is 2.79 bits per heavy atom. The molecule has 0 N–H and O–H groups in total. The summed E-state index contributed by atoms with van der Waals surface area (Å²) < 4.78 is 23.7. The van der Waals surface area contributed by atoms with E-state index in [0.29, 0.717) is 12.2 Å². The van der Waals surface area contributed by atoms with Crippen LogP contribution in [0.3, 0.4) is 0 Å². The van der Waals surface area contributed by atoms with E-state index in [0.717, 1.165) is 0 Å². The highest BCUT2D eigenvalue weighted by Crippen LogP contribution is 2.19.